The molecule has 122 valence electrons. The number of imide groups is 1. The molecule has 7 nitrogen and oxygen atoms in total. The molecule has 0 unspecified atom stereocenters. The van der Waals surface area contributed by atoms with Gasteiger partial charge in [-0.3, -0.25) is 19.3 Å². The average Bonchev–Trinajstić information content (AvgIpc) is 2.72. The normalized spacial score (nSPS) is 14.8. The number of benzene rings is 1. The van der Waals surface area contributed by atoms with Crippen molar-refractivity contribution in [1.29, 1.82) is 0 Å². The highest BCUT2D eigenvalue weighted by Gasteiger charge is 2.36. The van der Waals surface area contributed by atoms with Crippen molar-refractivity contribution in [3.63, 3.8) is 0 Å². The minimum absolute atomic E-state index is 0.0394. The Balaban J connectivity index is 2.05. The number of carboxylic acid groups (broad SMARTS) is 1. The largest absolute Gasteiger partial charge is 0.548 e. The summed E-state index contributed by atoms with van der Waals surface area (Å²) in [5.74, 6) is -3.19. The van der Waals surface area contributed by atoms with Crippen LogP contribution < -0.4 is 10.4 Å². The van der Waals surface area contributed by atoms with E-state index in [9.17, 15) is 24.3 Å². The molecule has 1 aliphatic rings. The third kappa shape index (κ3) is 3.56. The summed E-state index contributed by atoms with van der Waals surface area (Å²) in [5.41, 5.74) is 0.480. The summed E-state index contributed by atoms with van der Waals surface area (Å²) >= 11 is 0. The molecule has 7 heteroatoms. The van der Waals surface area contributed by atoms with E-state index in [1.54, 1.807) is 12.1 Å². The van der Waals surface area contributed by atoms with Crippen LogP contribution in [0.5, 0.6) is 0 Å². The Labute approximate surface area is 133 Å². The number of hydrogen-bond acceptors (Lipinski definition) is 5. The van der Waals surface area contributed by atoms with Crippen LogP contribution in [-0.4, -0.2) is 41.2 Å². The molecular formula is C16H17N2O5-. The highest BCUT2D eigenvalue weighted by atomic mass is 16.4. The number of fused-ring (bicyclic) bond motifs is 1. The lowest BCUT2D eigenvalue weighted by molar-refractivity contribution is -0.308. The van der Waals surface area contributed by atoms with Crippen LogP contribution in [0.4, 0.5) is 0 Å². The van der Waals surface area contributed by atoms with Crippen molar-refractivity contribution in [2.75, 3.05) is 6.54 Å². The second-order valence-electron chi connectivity index (χ2n) is 5.81. The number of aliphatic carboxylic acids is 1. The Hall–Kier alpha value is -2.70. The lowest BCUT2D eigenvalue weighted by Gasteiger charge is -2.22. The monoisotopic (exact) mass is 317 g/mol. The maximum atomic E-state index is 12.1. The summed E-state index contributed by atoms with van der Waals surface area (Å²) in [6, 6.07) is 5.12. The van der Waals surface area contributed by atoms with Gasteiger partial charge in [0.1, 0.15) is 6.54 Å². The van der Waals surface area contributed by atoms with Crippen molar-refractivity contribution in [3.05, 3.63) is 35.4 Å². The fraction of sp³-hybridized carbons (Fsp3) is 0.375. The molecule has 0 saturated heterocycles. The van der Waals surface area contributed by atoms with Gasteiger partial charge in [-0.25, -0.2) is 0 Å². The number of carboxylic acids is 1. The van der Waals surface area contributed by atoms with Crippen LogP contribution in [0.15, 0.2) is 24.3 Å². The number of nitrogens with zero attached hydrogens (tertiary/aromatic N) is 1. The molecule has 1 aliphatic heterocycles. The minimum Gasteiger partial charge on any atom is -0.548 e. The quantitative estimate of drug-likeness (QED) is 0.716. The molecule has 0 bridgehead atoms. The molecule has 0 fully saturated rings. The van der Waals surface area contributed by atoms with E-state index >= 15 is 0 Å². The molecule has 2 rings (SSSR count). The Morgan fingerprint density at radius 2 is 1.65 bits per heavy atom. The maximum absolute atomic E-state index is 12.1. The third-order valence-electron chi connectivity index (χ3n) is 3.51. The predicted molar refractivity (Wildman–Crippen MR) is 78.2 cm³/mol. The zero-order valence-corrected chi connectivity index (χ0v) is 12.9. The lowest BCUT2D eigenvalue weighted by Crippen LogP contribution is -2.51. The lowest BCUT2D eigenvalue weighted by atomic mass is 10.0. The standard InChI is InChI=1S/C16H18N2O5/c1-9(2)7-12(16(22)23)17-13(19)8-18-14(20)10-5-3-4-6-11(10)15(18)21/h3-6,9,12H,7-8H2,1-2H3,(H,17,19)(H,22,23)/p-1/t12-/m1/s1. The van der Waals surface area contributed by atoms with Gasteiger partial charge in [0.15, 0.2) is 0 Å². The fourth-order valence-corrected chi connectivity index (χ4v) is 2.45. The topological polar surface area (TPSA) is 107 Å². The molecule has 0 saturated carbocycles. The van der Waals surface area contributed by atoms with Crippen LogP contribution in [0.1, 0.15) is 41.0 Å². The molecule has 0 spiro atoms. The van der Waals surface area contributed by atoms with Crippen LogP contribution in [0.25, 0.3) is 0 Å². The summed E-state index contributed by atoms with van der Waals surface area (Å²) in [7, 11) is 0. The zero-order chi connectivity index (χ0) is 17.1. The summed E-state index contributed by atoms with van der Waals surface area (Å²) in [6.07, 6.45) is 0.205. The van der Waals surface area contributed by atoms with Gasteiger partial charge >= 0.3 is 0 Å². The Morgan fingerprint density at radius 3 is 2.09 bits per heavy atom. The van der Waals surface area contributed by atoms with E-state index in [2.05, 4.69) is 5.32 Å². The number of hydrogen-bond donors (Lipinski definition) is 1. The van der Waals surface area contributed by atoms with Crippen LogP contribution in [0, 0.1) is 5.92 Å². The number of amides is 3. The van der Waals surface area contributed by atoms with Gasteiger partial charge in [-0.05, 0) is 24.5 Å². The molecule has 1 aromatic carbocycles. The first-order chi connectivity index (χ1) is 10.8. The molecule has 0 radical (unpaired) electrons. The predicted octanol–water partition coefficient (Wildman–Crippen LogP) is -0.437. The minimum atomic E-state index is -1.39. The van der Waals surface area contributed by atoms with Crippen molar-refractivity contribution < 1.29 is 24.3 Å². The van der Waals surface area contributed by atoms with E-state index in [4.69, 9.17) is 0 Å². The van der Waals surface area contributed by atoms with Crippen LogP contribution in [0.2, 0.25) is 0 Å². The first kappa shape index (κ1) is 16.7. The van der Waals surface area contributed by atoms with E-state index < -0.39 is 36.3 Å². The van der Waals surface area contributed by atoms with Crippen molar-refractivity contribution in [2.45, 2.75) is 26.3 Å². The van der Waals surface area contributed by atoms with Gasteiger partial charge in [0.2, 0.25) is 5.91 Å². The first-order valence-corrected chi connectivity index (χ1v) is 7.26. The summed E-state index contributed by atoms with van der Waals surface area (Å²) in [4.78, 5) is 48.1. The molecule has 0 aromatic heterocycles. The molecule has 1 heterocycles. The Morgan fingerprint density at radius 1 is 1.13 bits per heavy atom. The number of carbonyl (C=O) groups excluding carboxylic acids is 4. The van der Waals surface area contributed by atoms with Gasteiger partial charge in [-0.15, -0.1) is 0 Å². The maximum Gasteiger partial charge on any atom is 0.262 e. The van der Waals surface area contributed by atoms with E-state index in [1.165, 1.54) is 12.1 Å². The van der Waals surface area contributed by atoms with E-state index in [0.717, 1.165) is 4.90 Å². The SMILES string of the molecule is CC(C)C[C@@H](NC(=O)CN1C(=O)c2ccccc2C1=O)C(=O)[O-]. The van der Waals surface area contributed by atoms with Crippen molar-refractivity contribution in [2.24, 2.45) is 5.92 Å². The second kappa shape index (κ2) is 6.60. The van der Waals surface area contributed by atoms with Gasteiger partial charge in [-0.1, -0.05) is 26.0 Å². The number of rotatable bonds is 6. The fourth-order valence-electron chi connectivity index (χ4n) is 2.45. The van der Waals surface area contributed by atoms with Crippen molar-refractivity contribution >= 4 is 23.7 Å². The van der Waals surface area contributed by atoms with Crippen LogP contribution >= 0.6 is 0 Å². The first-order valence-electron chi connectivity index (χ1n) is 7.26. The highest BCUT2D eigenvalue weighted by Crippen LogP contribution is 2.21. The molecule has 1 N–H and O–H groups in total. The average molecular weight is 317 g/mol. The van der Waals surface area contributed by atoms with Gasteiger partial charge < -0.3 is 15.2 Å². The highest BCUT2D eigenvalue weighted by molar-refractivity contribution is 6.22. The zero-order valence-electron chi connectivity index (χ0n) is 12.9. The van der Waals surface area contributed by atoms with Crippen LogP contribution in [-0.2, 0) is 9.59 Å². The number of carbonyl (C=O) groups is 4. The summed E-state index contributed by atoms with van der Waals surface area (Å²) < 4.78 is 0. The Kier molecular flexibility index (Phi) is 4.78. The molecule has 23 heavy (non-hydrogen) atoms. The molecular weight excluding hydrogens is 300 g/mol. The number of nitrogens with one attached hydrogen (secondary N) is 1. The molecule has 1 aromatic rings. The second-order valence-corrected chi connectivity index (χ2v) is 5.81. The van der Waals surface area contributed by atoms with Gasteiger partial charge in [-0.2, -0.15) is 0 Å². The molecule has 0 aliphatic carbocycles. The van der Waals surface area contributed by atoms with Gasteiger partial charge in [0, 0.05) is 0 Å². The molecule has 1 atom stereocenters. The van der Waals surface area contributed by atoms with Crippen molar-refractivity contribution in [1.82, 2.24) is 10.2 Å². The summed E-state index contributed by atoms with van der Waals surface area (Å²) in [5, 5.41) is 13.3. The van der Waals surface area contributed by atoms with Crippen LogP contribution in [0.3, 0.4) is 0 Å². The molecule has 3 amide bonds. The third-order valence-corrected chi connectivity index (χ3v) is 3.51. The smallest absolute Gasteiger partial charge is 0.262 e. The Bertz CT molecular complexity index is 633. The van der Waals surface area contributed by atoms with Gasteiger partial charge in [0.05, 0.1) is 23.1 Å². The van der Waals surface area contributed by atoms with E-state index in [1.807, 2.05) is 13.8 Å². The summed E-state index contributed by atoms with van der Waals surface area (Å²) in [6.45, 7) is 3.10. The van der Waals surface area contributed by atoms with Gasteiger partial charge in [0.25, 0.3) is 11.8 Å². The van der Waals surface area contributed by atoms with Crippen molar-refractivity contribution in [3.8, 4) is 0 Å². The van der Waals surface area contributed by atoms with E-state index in [-0.39, 0.29) is 23.5 Å². The van der Waals surface area contributed by atoms with E-state index in [0.29, 0.717) is 0 Å².